The van der Waals surface area contributed by atoms with Gasteiger partial charge in [0, 0.05) is 16.9 Å². The van der Waals surface area contributed by atoms with Crippen molar-refractivity contribution in [3.63, 3.8) is 0 Å². The summed E-state index contributed by atoms with van der Waals surface area (Å²) in [4.78, 5) is 22.3. The first-order valence-electron chi connectivity index (χ1n) is 6.93. The van der Waals surface area contributed by atoms with Gasteiger partial charge in [0.1, 0.15) is 5.75 Å². The third-order valence-electron chi connectivity index (χ3n) is 3.84. The summed E-state index contributed by atoms with van der Waals surface area (Å²) in [6, 6.07) is 5.45. The molecule has 0 radical (unpaired) electrons. The Morgan fingerprint density at radius 3 is 2.62 bits per heavy atom. The number of methoxy groups -OCH3 is 1. The minimum absolute atomic E-state index is 0.0120. The number of carbonyl (C=O) groups is 2. The summed E-state index contributed by atoms with van der Waals surface area (Å²) in [7, 11) is 1.61. The molecule has 1 saturated carbocycles. The first-order chi connectivity index (χ1) is 9.96. The van der Waals surface area contributed by atoms with Crippen molar-refractivity contribution in [1.29, 1.82) is 0 Å². The number of aliphatic carboxylic acids is 1. The molecule has 0 aromatic heterocycles. The van der Waals surface area contributed by atoms with Crippen molar-refractivity contribution < 1.29 is 19.4 Å². The Bertz CT molecular complexity index is 549. The number of hydrogen-bond acceptors (Lipinski definition) is 4. The van der Waals surface area contributed by atoms with Gasteiger partial charge in [0.05, 0.1) is 13.5 Å². The third kappa shape index (κ3) is 4.24. The van der Waals surface area contributed by atoms with Crippen LogP contribution in [0, 0.1) is 5.41 Å². The number of hydrogen-bond donors (Lipinski definition) is 1. The molecule has 1 aromatic rings. The van der Waals surface area contributed by atoms with E-state index in [0.29, 0.717) is 5.56 Å². The Labute approximate surface area is 128 Å². The second kappa shape index (κ2) is 6.52. The molecule has 1 aliphatic carbocycles. The molecule has 0 heterocycles. The summed E-state index contributed by atoms with van der Waals surface area (Å²) in [5, 5.41) is 8.92. The Hall–Kier alpha value is -1.49. The van der Waals surface area contributed by atoms with Gasteiger partial charge in [-0.15, -0.1) is 0 Å². The second-order valence-electron chi connectivity index (χ2n) is 5.65. The van der Waals surface area contributed by atoms with Crippen LogP contribution in [0.5, 0.6) is 5.75 Å². The van der Waals surface area contributed by atoms with Crippen molar-refractivity contribution in [2.24, 2.45) is 5.41 Å². The number of carboxylic acids is 1. The van der Waals surface area contributed by atoms with E-state index in [1.165, 1.54) is 0 Å². The van der Waals surface area contributed by atoms with E-state index in [1.807, 2.05) is 12.1 Å². The molecule has 114 valence electrons. The average Bonchev–Trinajstić information content (AvgIpc) is 3.17. The number of carbonyl (C=O) groups excluding carboxylic acids is 1. The van der Waals surface area contributed by atoms with Crippen LogP contribution in [0.25, 0.3) is 0 Å². The molecular formula is C16H20O4S. The van der Waals surface area contributed by atoms with E-state index in [0.717, 1.165) is 35.7 Å². The molecular weight excluding hydrogens is 288 g/mol. The molecule has 21 heavy (non-hydrogen) atoms. The maximum atomic E-state index is 11.4. The Kier molecular flexibility index (Phi) is 4.93. The summed E-state index contributed by atoms with van der Waals surface area (Å²) < 4.78 is 5.32. The maximum Gasteiger partial charge on any atom is 0.303 e. The van der Waals surface area contributed by atoms with Gasteiger partial charge in [-0.1, -0.05) is 0 Å². The van der Waals surface area contributed by atoms with Gasteiger partial charge in [0.25, 0.3) is 0 Å². The first kappa shape index (κ1) is 15.9. The van der Waals surface area contributed by atoms with Gasteiger partial charge >= 0.3 is 5.97 Å². The van der Waals surface area contributed by atoms with E-state index >= 15 is 0 Å². The third-order valence-corrected chi connectivity index (χ3v) is 5.17. The van der Waals surface area contributed by atoms with Crippen LogP contribution in [0.15, 0.2) is 18.2 Å². The van der Waals surface area contributed by atoms with E-state index in [2.05, 4.69) is 0 Å². The number of thioether (sulfide) groups is 1. The first-order valence-corrected chi connectivity index (χ1v) is 8.09. The lowest BCUT2D eigenvalue weighted by Gasteiger charge is -2.13. The molecule has 0 atom stereocenters. The fourth-order valence-electron chi connectivity index (χ4n) is 2.36. The molecule has 5 heteroatoms. The highest BCUT2D eigenvalue weighted by Crippen LogP contribution is 2.51. The number of rotatable bonds is 8. The van der Waals surface area contributed by atoms with Crippen LogP contribution in [0.1, 0.15) is 42.1 Å². The highest BCUT2D eigenvalue weighted by molar-refractivity contribution is 7.98. The van der Waals surface area contributed by atoms with Gasteiger partial charge in [0.2, 0.25) is 0 Å². The smallest absolute Gasteiger partial charge is 0.303 e. The topological polar surface area (TPSA) is 63.6 Å². The average molecular weight is 308 g/mol. The van der Waals surface area contributed by atoms with Crippen molar-refractivity contribution in [3.8, 4) is 5.75 Å². The van der Waals surface area contributed by atoms with Gasteiger partial charge in [-0.2, -0.15) is 11.8 Å². The van der Waals surface area contributed by atoms with Gasteiger partial charge in [-0.25, -0.2) is 0 Å². The van der Waals surface area contributed by atoms with Crippen molar-refractivity contribution in [2.45, 2.75) is 31.9 Å². The minimum Gasteiger partial charge on any atom is -0.496 e. The number of carboxylic acid groups (broad SMARTS) is 1. The molecule has 0 spiro atoms. The summed E-state index contributed by atoms with van der Waals surface area (Å²) in [5.41, 5.74) is 1.65. The van der Waals surface area contributed by atoms with Crippen LogP contribution in [-0.2, 0) is 10.5 Å². The van der Waals surface area contributed by atoms with E-state index in [9.17, 15) is 9.59 Å². The molecule has 1 aromatic carbocycles. The molecule has 0 bridgehead atoms. The van der Waals surface area contributed by atoms with E-state index in [-0.39, 0.29) is 17.6 Å². The van der Waals surface area contributed by atoms with Crippen molar-refractivity contribution in [3.05, 3.63) is 29.3 Å². The molecule has 1 fully saturated rings. The highest BCUT2D eigenvalue weighted by atomic mass is 32.2. The number of benzene rings is 1. The summed E-state index contributed by atoms with van der Waals surface area (Å²) in [5.74, 6) is 1.66. The second-order valence-corrected chi connectivity index (χ2v) is 6.63. The van der Waals surface area contributed by atoms with Gasteiger partial charge in [-0.3, -0.25) is 9.59 Å². The van der Waals surface area contributed by atoms with E-state index < -0.39 is 5.97 Å². The van der Waals surface area contributed by atoms with E-state index in [1.54, 1.807) is 31.9 Å². The van der Waals surface area contributed by atoms with Crippen molar-refractivity contribution >= 4 is 23.5 Å². The minimum atomic E-state index is -0.718. The summed E-state index contributed by atoms with van der Waals surface area (Å²) in [6.45, 7) is 1.55. The maximum absolute atomic E-state index is 11.4. The molecule has 0 saturated heterocycles. The zero-order valence-electron chi connectivity index (χ0n) is 12.3. The quantitative estimate of drug-likeness (QED) is 0.746. The predicted octanol–water partition coefficient (Wildman–Crippen LogP) is 3.39. The van der Waals surface area contributed by atoms with Gasteiger partial charge in [-0.05, 0) is 49.1 Å². The van der Waals surface area contributed by atoms with Crippen LogP contribution in [0.3, 0.4) is 0 Å². The fraction of sp³-hybridized carbons (Fsp3) is 0.500. The molecule has 0 aliphatic heterocycles. The normalized spacial score (nSPS) is 15.5. The van der Waals surface area contributed by atoms with Crippen LogP contribution in [0.2, 0.25) is 0 Å². The van der Waals surface area contributed by atoms with Crippen LogP contribution < -0.4 is 4.74 Å². The lowest BCUT2D eigenvalue weighted by Crippen LogP contribution is -2.11. The van der Waals surface area contributed by atoms with Crippen molar-refractivity contribution in [2.75, 3.05) is 12.9 Å². The Morgan fingerprint density at radius 2 is 2.10 bits per heavy atom. The Balaban J connectivity index is 1.97. The summed E-state index contributed by atoms with van der Waals surface area (Å²) >= 11 is 1.71. The number of ketones is 1. The lowest BCUT2D eigenvalue weighted by molar-refractivity contribution is -0.138. The van der Waals surface area contributed by atoms with Gasteiger partial charge < -0.3 is 9.84 Å². The van der Waals surface area contributed by atoms with Crippen LogP contribution in [0.4, 0.5) is 0 Å². The standard InChI is InChI=1S/C16H20O4S/c1-11(17)12-3-4-14(20-2)13(7-12)9-21-10-16(5-6-16)8-15(18)19/h3-4,7H,5-6,8-10H2,1-2H3,(H,18,19). The molecule has 0 amide bonds. The largest absolute Gasteiger partial charge is 0.496 e. The van der Waals surface area contributed by atoms with Crippen LogP contribution >= 0.6 is 11.8 Å². The Morgan fingerprint density at radius 1 is 1.38 bits per heavy atom. The zero-order valence-corrected chi connectivity index (χ0v) is 13.2. The summed E-state index contributed by atoms with van der Waals surface area (Å²) in [6.07, 6.45) is 2.25. The molecule has 4 nitrogen and oxygen atoms in total. The molecule has 2 rings (SSSR count). The number of Topliss-reactive ketones (excluding diaryl/α,β-unsaturated/α-hetero) is 1. The SMILES string of the molecule is COc1ccc(C(C)=O)cc1CSCC1(CC(=O)O)CC1. The number of ether oxygens (including phenoxy) is 1. The lowest BCUT2D eigenvalue weighted by atomic mass is 10.1. The van der Waals surface area contributed by atoms with Crippen LogP contribution in [-0.4, -0.2) is 29.7 Å². The van der Waals surface area contributed by atoms with E-state index in [4.69, 9.17) is 9.84 Å². The predicted molar refractivity (Wildman–Crippen MR) is 83.1 cm³/mol. The highest BCUT2D eigenvalue weighted by Gasteiger charge is 2.44. The van der Waals surface area contributed by atoms with Gasteiger partial charge in [0.15, 0.2) is 5.78 Å². The molecule has 0 unspecified atom stereocenters. The molecule has 1 aliphatic rings. The fourth-order valence-corrected chi connectivity index (χ4v) is 3.73. The monoisotopic (exact) mass is 308 g/mol. The van der Waals surface area contributed by atoms with Crippen molar-refractivity contribution in [1.82, 2.24) is 0 Å². The molecule has 1 N–H and O–H groups in total. The zero-order chi connectivity index (χ0) is 15.5.